The molecule has 2 aromatic carbocycles. The summed E-state index contributed by atoms with van der Waals surface area (Å²) in [6, 6.07) is 11.6. The van der Waals surface area contributed by atoms with Crippen molar-refractivity contribution in [2.45, 2.75) is 20.0 Å². The first kappa shape index (κ1) is 22.4. The highest BCUT2D eigenvalue weighted by atomic mass is 19.1. The minimum Gasteiger partial charge on any atom is -0.505 e. The number of phenols is 1. The number of anilines is 1. The quantitative estimate of drug-likeness (QED) is 0.324. The molecule has 156 valence electrons. The fourth-order valence-electron chi connectivity index (χ4n) is 2.63. The van der Waals surface area contributed by atoms with Crippen LogP contribution in [-0.4, -0.2) is 22.3 Å². The normalized spacial score (nSPS) is 12.1. The summed E-state index contributed by atoms with van der Waals surface area (Å²) in [4.78, 5) is 23.8. The third-order valence-corrected chi connectivity index (χ3v) is 4.21. The molecule has 2 amide bonds. The number of benzene rings is 2. The molecule has 2 rings (SSSR count). The van der Waals surface area contributed by atoms with E-state index in [2.05, 4.69) is 5.32 Å². The lowest BCUT2D eigenvalue weighted by molar-refractivity contribution is -0.124. The maximum atomic E-state index is 13.9. The van der Waals surface area contributed by atoms with Crippen molar-refractivity contribution in [1.29, 1.82) is 5.26 Å². The predicted molar refractivity (Wildman–Crippen MR) is 105 cm³/mol. The number of carbonyl (C=O) groups is 2. The fraction of sp³-hybridized carbons (Fsp3) is 0.190. The molecule has 0 unspecified atom stereocenters. The van der Waals surface area contributed by atoms with Gasteiger partial charge >= 0.3 is 6.09 Å². The first-order valence-corrected chi connectivity index (χ1v) is 8.76. The fourth-order valence-corrected chi connectivity index (χ4v) is 2.63. The number of nitriles is 1. The Balaban J connectivity index is 2.31. The number of hydrogen-bond donors (Lipinski definition) is 4. The molecule has 8 nitrogen and oxygen atoms in total. The van der Waals surface area contributed by atoms with E-state index in [4.69, 9.17) is 15.2 Å². The minimum atomic E-state index is -1.06. The van der Waals surface area contributed by atoms with Crippen LogP contribution in [0.4, 0.5) is 14.9 Å². The molecule has 0 aliphatic carbocycles. The van der Waals surface area contributed by atoms with Gasteiger partial charge in [0.1, 0.15) is 6.10 Å². The molecule has 0 aliphatic rings. The lowest BCUT2D eigenvalue weighted by Gasteiger charge is -2.31. The van der Waals surface area contributed by atoms with E-state index >= 15 is 0 Å². The van der Waals surface area contributed by atoms with E-state index < -0.39 is 35.1 Å². The van der Waals surface area contributed by atoms with Crippen LogP contribution >= 0.6 is 0 Å². The summed E-state index contributed by atoms with van der Waals surface area (Å²) >= 11 is 0. The van der Waals surface area contributed by atoms with Crippen LogP contribution in [0.15, 0.2) is 54.6 Å². The number of ether oxygens (including phenoxy) is 1. The molecule has 9 heteroatoms. The van der Waals surface area contributed by atoms with Crippen molar-refractivity contribution in [2.75, 3.05) is 5.32 Å². The molecule has 4 N–H and O–H groups in total. The SMILES string of the molecule is CC(C)(/C=C/C(=O)NO)[C@@H](OC(=O)Nc1ccc(C#N)cc1)c1ccc(O)c(F)c1. The second kappa shape index (κ2) is 9.54. The van der Waals surface area contributed by atoms with E-state index in [-0.39, 0.29) is 5.56 Å². The van der Waals surface area contributed by atoms with E-state index in [0.717, 1.165) is 18.2 Å². The van der Waals surface area contributed by atoms with Crippen molar-refractivity contribution in [2.24, 2.45) is 5.41 Å². The van der Waals surface area contributed by atoms with Gasteiger partial charge in [-0.2, -0.15) is 5.26 Å². The molecule has 0 radical (unpaired) electrons. The van der Waals surface area contributed by atoms with Crippen molar-refractivity contribution in [3.8, 4) is 11.8 Å². The molecule has 0 aromatic heterocycles. The van der Waals surface area contributed by atoms with E-state index in [1.54, 1.807) is 13.8 Å². The van der Waals surface area contributed by atoms with Crippen LogP contribution in [-0.2, 0) is 9.53 Å². The van der Waals surface area contributed by atoms with Gasteiger partial charge in [-0.25, -0.2) is 14.7 Å². The molecule has 1 atom stereocenters. The largest absolute Gasteiger partial charge is 0.505 e. The number of nitrogens with zero attached hydrogens (tertiary/aromatic N) is 1. The van der Waals surface area contributed by atoms with Crippen LogP contribution in [0.1, 0.15) is 31.1 Å². The zero-order valence-electron chi connectivity index (χ0n) is 16.2. The molecule has 0 fully saturated rings. The number of aromatic hydroxyl groups is 1. The van der Waals surface area contributed by atoms with E-state index in [1.807, 2.05) is 6.07 Å². The summed E-state index contributed by atoms with van der Waals surface area (Å²) < 4.78 is 19.4. The zero-order chi connectivity index (χ0) is 22.3. The standard InChI is InChI=1S/C21H20FN3O5/c1-21(2,10-9-18(27)25-29)19(14-5-8-17(26)16(22)11-14)30-20(28)24-15-6-3-13(12-23)4-7-15/h3-11,19,26,29H,1-2H3,(H,24,28)(H,25,27)/b10-9+/t19-/m0/s1. The van der Waals surface area contributed by atoms with Crippen LogP contribution in [0.3, 0.4) is 0 Å². The molecule has 0 heterocycles. The number of halogens is 1. The zero-order valence-corrected chi connectivity index (χ0v) is 16.2. The highest BCUT2D eigenvalue weighted by Crippen LogP contribution is 2.39. The van der Waals surface area contributed by atoms with Gasteiger partial charge in [-0.3, -0.25) is 15.3 Å². The Morgan fingerprint density at radius 3 is 2.47 bits per heavy atom. The predicted octanol–water partition coefficient (Wildman–Crippen LogP) is 3.78. The van der Waals surface area contributed by atoms with Gasteiger partial charge in [-0.1, -0.05) is 26.0 Å². The van der Waals surface area contributed by atoms with Crippen molar-refractivity contribution in [3.05, 3.63) is 71.6 Å². The Morgan fingerprint density at radius 2 is 1.90 bits per heavy atom. The van der Waals surface area contributed by atoms with Gasteiger partial charge in [0.15, 0.2) is 11.6 Å². The third kappa shape index (κ3) is 5.80. The Labute approximate surface area is 172 Å². The van der Waals surface area contributed by atoms with Crippen LogP contribution in [0.25, 0.3) is 0 Å². The number of hydrogen-bond acceptors (Lipinski definition) is 6. The Bertz CT molecular complexity index is 997. The van der Waals surface area contributed by atoms with E-state index in [9.17, 15) is 19.1 Å². The lowest BCUT2D eigenvalue weighted by atomic mass is 9.82. The van der Waals surface area contributed by atoms with Gasteiger partial charge in [-0.05, 0) is 42.0 Å². The smallest absolute Gasteiger partial charge is 0.412 e. The highest BCUT2D eigenvalue weighted by molar-refractivity contribution is 5.86. The van der Waals surface area contributed by atoms with Gasteiger partial charge in [0, 0.05) is 17.2 Å². The molecule has 0 saturated heterocycles. The van der Waals surface area contributed by atoms with Gasteiger partial charge in [0.05, 0.1) is 11.6 Å². The van der Waals surface area contributed by atoms with Crippen molar-refractivity contribution < 1.29 is 29.0 Å². The summed E-state index contributed by atoms with van der Waals surface area (Å²) in [5.41, 5.74) is 1.47. The molecule has 0 spiro atoms. The summed E-state index contributed by atoms with van der Waals surface area (Å²) in [5, 5.41) is 29.4. The number of phenolic OH excluding ortho intramolecular Hbond substituents is 1. The van der Waals surface area contributed by atoms with Crippen LogP contribution < -0.4 is 10.8 Å². The monoisotopic (exact) mass is 413 g/mol. The molecule has 2 aromatic rings. The van der Waals surface area contributed by atoms with Crippen molar-refractivity contribution in [1.82, 2.24) is 5.48 Å². The summed E-state index contributed by atoms with van der Waals surface area (Å²) in [5.74, 6) is -2.25. The first-order valence-electron chi connectivity index (χ1n) is 8.76. The van der Waals surface area contributed by atoms with Crippen molar-refractivity contribution in [3.63, 3.8) is 0 Å². The minimum absolute atomic E-state index is 0.235. The molecule has 30 heavy (non-hydrogen) atoms. The Hall–Kier alpha value is -3.90. The number of nitrogens with one attached hydrogen (secondary N) is 2. The number of carbonyl (C=O) groups excluding carboxylic acids is 2. The third-order valence-electron chi connectivity index (χ3n) is 4.21. The molecule has 0 bridgehead atoms. The topological polar surface area (TPSA) is 132 Å². The second-order valence-electron chi connectivity index (χ2n) is 6.94. The van der Waals surface area contributed by atoms with Gasteiger partial charge in [0.25, 0.3) is 5.91 Å². The molecular weight excluding hydrogens is 393 g/mol. The maximum Gasteiger partial charge on any atom is 0.412 e. The second-order valence-corrected chi connectivity index (χ2v) is 6.94. The number of amides is 2. The molecular formula is C21H20FN3O5. The molecule has 0 aliphatic heterocycles. The molecule has 0 saturated carbocycles. The van der Waals surface area contributed by atoms with Crippen molar-refractivity contribution >= 4 is 17.7 Å². The van der Waals surface area contributed by atoms with Crippen LogP contribution in [0, 0.1) is 22.6 Å². The number of hydroxylamine groups is 1. The summed E-state index contributed by atoms with van der Waals surface area (Å²) in [6.07, 6.45) is 0.522. The van der Waals surface area contributed by atoms with Gasteiger partial charge < -0.3 is 9.84 Å². The number of rotatable bonds is 6. The highest BCUT2D eigenvalue weighted by Gasteiger charge is 2.33. The van der Waals surface area contributed by atoms with E-state index in [1.165, 1.54) is 41.9 Å². The average molecular weight is 413 g/mol. The Morgan fingerprint density at radius 1 is 1.23 bits per heavy atom. The maximum absolute atomic E-state index is 13.9. The Kier molecular flexibility index (Phi) is 7.12. The van der Waals surface area contributed by atoms with Crippen LogP contribution in [0.2, 0.25) is 0 Å². The van der Waals surface area contributed by atoms with Gasteiger partial charge in [-0.15, -0.1) is 0 Å². The first-order chi connectivity index (χ1) is 14.2. The van der Waals surface area contributed by atoms with Crippen LogP contribution in [0.5, 0.6) is 5.75 Å². The summed E-state index contributed by atoms with van der Waals surface area (Å²) in [6.45, 7) is 3.27. The average Bonchev–Trinajstić information content (AvgIpc) is 2.73. The van der Waals surface area contributed by atoms with Gasteiger partial charge in [0.2, 0.25) is 0 Å². The lowest BCUT2D eigenvalue weighted by Crippen LogP contribution is -2.28. The van der Waals surface area contributed by atoms with E-state index in [0.29, 0.717) is 11.3 Å². The summed E-state index contributed by atoms with van der Waals surface area (Å²) in [7, 11) is 0.